The number of carbonyl (C=O) groups is 2. The molecule has 2 amide bonds. The minimum absolute atomic E-state index is 0.386. The summed E-state index contributed by atoms with van der Waals surface area (Å²) in [7, 11) is 1.31. The number of hydrogen-bond donors (Lipinski definition) is 1. The van der Waals surface area contributed by atoms with Crippen molar-refractivity contribution in [1.82, 2.24) is 4.90 Å². The van der Waals surface area contributed by atoms with Crippen LogP contribution in [0.3, 0.4) is 0 Å². The Morgan fingerprint density at radius 1 is 1.40 bits per heavy atom. The normalized spacial score (nSPS) is 17.9. The first kappa shape index (κ1) is 14.9. The van der Waals surface area contributed by atoms with Gasteiger partial charge in [-0.1, -0.05) is 23.2 Å². The van der Waals surface area contributed by atoms with Gasteiger partial charge in [-0.2, -0.15) is 0 Å². The molecule has 1 aliphatic heterocycles. The van der Waals surface area contributed by atoms with Gasteiger partial charge in [-0.15, -0.1) is 0 Å². The number of nitrogens with one attached hydrogen (secondary N) is 1. The fraction of sp³-hybridized carbons (Fsp3) is 0.385. The Morgan fingerprint density at radius 2 is 2.15 bits per heavy atom. The monoisotopic (exact) mass is 316 g/mol. The van der Waals surface area contributed by atoms with Gasteiger partial charge < -0.3 is 15.0 Å². The fourth-order valence-electron chi connectivity index (χ4n) is 2.17. The van der Waals surface area contributed by atoms with E-state index in [2.05, 4.69) is 5.32 Å². The summed E-state index contributed by atoms with van der Waals surface area (Å²) < 4.78 is 4.70. The molecule has 20 heavy (non-hydrogen) atoms. The molecule has 0 aromatic heterocycles. The third-order valence-corrected chi connectivity index (χ3v) is 3.72. The molecular weight excluding hydrogens is 303 g/mol. The number of anilines is 1. The maximum Gasteiger partial charge on any atom is 0.328 e. The fourth-order valence-corrected chi connectivity index (χ4v) is 2.51. The number of esters is 1. The minimum Gasteiger partial charge on any atom is -0.467 e. The Balaban J connectivity index is 2.11. The van der Waals surface area contributed by atoms with Gasteiger partial charge in [-0.25, -0.2) is 9.59 Å². The summed E-state index contributed by atoms with van der Waals surface area (Å²) >= 11 is 11.9. The minimum atomic E-state index is -0.544. The molecule has 108 valence electrons. The predicted octanol–water partition coefficient (Wildman–Crippen LogP) is 3.16. The maximum atomic E-state index is 12.2. The van der Waals surface area contributed by atoms with Crippen LogP contribution in [-0.4, -0.2) is 36.6 Å². The second kappa shape index (κ2) is 6.33. The summed E-state index contributed by atoms with van der Waals surface area (Å²) in [6.07, 6.45) is 1.36. The molecule has 0 spiro atoms. The number of ether oxygens (including phenoxy) is 1. The Kier molecular flexibility index (Phi) is 4.73. The van der Waals surface area contributed by atoms with Gasteiger partial charge in [0, 0.05) is 11.6 Å². The Hall–Kier alpha value is -1.46. The van der Waals surface area contributed by atoms with Gasteiger partial charge in [0.25, 0.3) is 0 Å². The highest BCUT2D eigenvalue weighted by molar-refractivity contribution is 6.35. The highest BCUT2D eigenvalue weighted by Crippen LogP contribution is 2.27. The molecule has 2 rings (SSSR count). The smallest absolute Gasteiger partial charge is 0.328 e. The van der Waals surface area contributed by atoms with E-state index < -0.39 is 12.0 Å². The summed E-state index contributed by atoms with van der Waals surface area (Å²) in [5, 5.41) is 3.52. The quantitative estimate of drug-likeness (QED) is 0.853. The highest BCUT2D eigenvalue weighted by atomic mass is 35.5. The second-order valence-electron chi connectivity index (χ2n) is 4.43. The van der Waals surface area contributed by atoms with Crippen LogP contribution >= 0.6 is 23.2 Å². The largest absolute Gasteiger partial charge is 0.467 e. The Labute approximate surface area is 126 Å². The first-order chi connectivity index (χ1) is 9.52. The number of hydrogen-bond acceptors (Lipinski definition) is 3. The van der Waals surface area contributed by atoms with E-state index in [1.807, 2.05) is 0 Å². The van der Waals surface area contributed by atoms with Crippen molar-refractivity contribution in [1.29, 1.82) is 0 Å². The molecule has 1 aromatic carbocycles. The van der Waals surface area contributed by atoms with Crippen LogP contribution in [0.25, 0.3) is 0 Å². The number of benzene rings is 1. The van der Waals surface area contributed by atoms with Gasteiger partial charge in [0.15, 0.2) is 0 Å². The van der Waals surface area contributed by atoms with E-state index in [0.717, 1.165) is 6.42 Å². The average Bonchev–Trinajstić information content (AvgIpc) is 2.91. The van der Waals surface area contributed by atoms with Crippen molar-refractivity contribution in [3.8, 4) is 0 Å². The number of halogens is 2. The third kappa shape index (κ3) is 3.16. The molecule has 0 bridgehead atoms. The zero-order chi connectivity index (χ0) is 14.7. The Bertz CT molecular complexity index is 536. The molecule has 1 unspecified atom stereocenters. The molecule has 1 aliphatic rings. The van der Waals surface area contributed by atoms with Gasteiger partial charge in [0.2, 0.25) is 0 Å². The molecule has 0 radical (unpaired) electrons. The molecule has 1 heterocycles. The zero-order valence-electron chi connectivity index (χ0n) is 10.9. The molecule has 1 saturated heterocycles. The molecule has 1 N–H and O–H groups in total. The van der Waals surface area contributed by atoms with Gasteiger partial charge in [-0.3, -0.25) is 0 Å². The summed E-state index contributed by atoms with van der Waals surface area (Å²) in [5.41, 5.74) is 0.416. The third-order valence-electron chi connectivity index (χ3n) is 3.16. The van der Waals surface area contributed by atoms with Crippen LogP contribution < -0.4 is 5.32 Å². The van der Waals surface area contributed by atoms with Crippen LogP contribution in [0.4, 0.5) is 10.5 Å². The van der Waals surface area contributed by atoms with Crippen molar-refractivity contribution in [2.45, 2.75) is 18.9 Å². The highest BCUT2D eigenvalue weighted by Gasteiger charge is 2.35. The van der Waals surface area contributed by atoms with Crippen molar-refractivity contribution in [2.75, 3.05) is 19.0 Å². The summed E-state index contributed by atoms with van der Waals surface area (Å²) in [6, 6.07) is 3.86. The van der Waals surface area contributed by atoms with Crippen molar-refractivity contribution >= 4 is 40.9 Å². The van der Waals surface area contributed by atoms with Crippen molar-refractivity contribution in [2.24, 2.45) is 0 Å². The van der Waals surface area contributed by atoms with Crippen LogP contribution in [0.15, 0.2) is 18.2 Å². The van der Waals surface area contributed by atoms with Crippen LogP contribution in [0, 0.1) is 0 Å². The lowest BCUT2D eigenvalue weighted by molar-refractivity contribution is -0.144. The molecule has 7 heteroatoms. The van der Waals surface area contributed by atoms with E-state index in [0.29, 0.717) is 28.7 Å². The van der Waals surface area contributed by atoms with Gasteiger partial charge in [0.05, 0.1) is 17.8 Å². The summed E-state index contributed by atoms with van der Waals surface area (Å²) in [4.78, 5) is 25.3. The van der Waals surface area contributed by atoms with E-state index in [-0.39, 0.29) is 6.03 Å². The van der Waals surface area contributed by atoms with Crippen molar-refractivity contribution < 1.29 is 14.3 Å². The molecule has 0 aliphatic carbocycles. The van der Waals surface area contributed by atoms with Crippen molar-refractivity contribution in [3.05, 3.63) is 28.2 Å². The van der Waals surface area contributed by atoms with Crippen LogP contribution in [0.2, 0.25) is 10.0 Å². The van der Waals surface area contributed by atoms with Gasteiger partial charge in [0.1, 0.15) is 6.04 Å². The summed E-state index contributed by atoms with van der Waals surface area (Å²) in [6.45, 7) is 0.504. The van der Waals surface area contributed by atoms with E-state index >= 15 is 0 Å². The van der Waals surface area contributed by atoms with Crippen LogP contribution in [0.5, 0.6) is 0 Å². The number of urea groups is 1. The lowest BCUT2D eigenvalue weighted by Gasteiger charge is -2.23. The Morgan fingerprint density at radius 3 is 2.85 bits per heavy atom. The lowest BCUT2D eigenvalue weighted by Crippen LogP contribution is -2.43. The topological polar surface area (TPSA) is 58.6 Å². The standard InChI is InChI=1S/C13H14Cl2N2O3/c1-20-12(18)11-3-2-6-17(11)13(19)16-10-7-8(14)4-5-9(10)15/h4-5,7,11H,2-3,6H2,1H3,(H,16,19). The van der Waals surface area contributed by atoms with E-state index in [1.165, 1.54) is 12.0 Å². The SMILES string of the molecule is COC(=O)C1CCCN1C(=O)Nc1cc(Cl)ccc1Cl. The maximum absolute atomic E-state index is 12.2. The van der Waals surface area contributed by atoms with E-state index in [1.54, 1.807) is 18.2 Å². The number of methoxy groups -OCH3 is 1. The summed E-state index contributed by atoms with van der Waals surface area (Å²) in [5.74, 6) is -0.408. The lowest BCUT2D eigenvalue weighted by atomic mass is 10.2. The second-order valence-corrected chi connectivity index (χ2v) is 5.27. The first-order valence-corrected chi connectivity index (χ1v) is 6.89. The number of nitrogens with zero attached hydrogens (tertiary/aromatic N) is 1. The molecule has 0 saturated carbocycles. The predicted molar refractivity (Wildman–Crippen MR) is 77.2 cm³/mol. The number of carbonyl (C=O) groups excluding carboxylic acids is 2. The number of rotatable bonds is 2. The van der Waals surface area contributed by atoms with Gasteiger partial charge in [-0.05, 0) is 31.0 Å². The average molecular weight is 317 g/mol. The number of likely N-dealkylation sites (tertiary alicyclic amines) is 1. The molecule has 1 fully saturated rings. The first-order valence-electron chi connectivity index (χ1n) is 6.13. The van der Waals surface area contributed by atoms with Crippen LogP contribution in [0.1, 0.15) is 12.8 Å². The van der Waals surface area contributed by atoms with E-state index in [9.17, 15) is 9.59 Å². The molecular formula is C13H14Cl2N2O3. The molecule has 1 aromatic rings. The van der Waals surface area contributed by atoms with E-state index in [4.69, 9.17) is 27.9 Å². The van der Waals surface area contributed by atoms with Crippen molar-refractivity contribution in [3.63, 3.8) is 0 Å². The zero-order valence-corrected chi connectivity index (χ0v) is 12.4. The molecule has 1 atom stereocenters. The van der Waals surface area contributed by atoms with Crippen LogP contribution in [-0.2, 0) is 9.53 Å². The van der Waals surface area contributed by atoms with Gasteiger partial charge >= 0.3 is 12.0 Å². The number of amides is 2. The molecule has 5 nitrogen and oxygen atoms in total.